The van der Waals surface area contributed by atoms with Crippen LogP contribution >= 0.6 is 11.3 Å². The minimum atomic E-state index is -0.532. The number of carbonyl (C=O) groups is 2. The Morgan fingerprint density at radius 1 is 1.13 bits per heavy atom. The van der Waals surface area contributed by atoms with Crippen molar-refractivity contribution in [2.45, 2.75) is 13.3 Å². The molecule has 6 nitrogen and oxygen atoms in total. The first-order valence-corrected chi connectivity index (χ1v) is 9.94. The summed E-state index contributed by atoms with van der Waals surface area (Å²) in [5.41, 5.74) is 2.32. The van der Waals surface area contributed by atoms with Crippen LogP contribution < -0.4 is 14.8 Å². The maximum atomic E-state index is 13.1. The van der Waals surface area contributed by atoms with Crippen molar-refractivity contribution in [3.05, 3.63) is 75.4 Å². The number of thiophene rings is 1. The van der Waals surface area contributed by atoms with E-state index in [4.69, 9.17) is 14.2 Å². The molecular formula is C22H18FNO5S. The van der Waals surface area contributed by atoms with Crippen LogP contribution in [0.3, 0.4) is 0 Å². The molecule has 1 amide bonds. The monoisotopic (exact) mass is 427 g/mol. The molecule has 0 saturated carbocycles. The summed E-state index contributed by atoms with van der Waals surface area (Å²) >= 11 is 1.31. The Morgan fingerprint density at radius 2 is 1.87 bits per heavy atom. The maximum absolute atomic E-state index is 13.1. The van der Waals surface area contributed by atoms with Gasteiger partial charge in [0.25, 0.3) is 5.91 Å². The number of rotatable bonds is 5. The van der Waals surface area contributed by atoms with Gasteiger partial charge in [0, 0.05) is 16.9 Å². The largest absolute Gasteiger partial charge is 0.465 e. The van der Waals surface area contributed by atoms with E-state index < -0.39 is 17.7 Å². The molecule has 0 radical (unpaired) electrons. The van der Waals surface area contributed by atoms with E-state index in [1.807, 2.05) is 25.1 Å². The van der Waals surface area contributed by atoms with Crippen LogP contribution in [0.5, 0.6) is 11.5 Å². The normalized spacial score (nSPS) is 12.0. The lowest BCUT2D eigenvalue weighted by Crippen LogP contribution is -2.14. The van der Waals surface area contributed by atoms with Gasteiger partial charge in [0.2, 0.25) is 6.79 Å². The maximum Gasteiger partial charge on any atom is 0.341 e. The SMILES string of the molecule is COC(=O)c1c(NC(=O)c2ccc(F)cc2)sc(Cc2ccc3c(c2)OCO3)c1C. The van der Waals surface area contributed by atoms with Gasteiger partial charge < -0.3 is 19.5 Å². The molecule has 1 aliphatic heterocycles. The van der Waals surface area contributed by atoms with Crippen LogP contribution in [0, 0.1) is 12.7 Å². The number of carbonyl (C=O) groups excluding carboxylic acids is 2. The third kappa shape index (κ3) is 3.86. The summed E-state index contributed by atoms with van der Waals surface area (Å²) in [7, 11) is 1.29. The second-order valence-corrected chi connectivity index (χ2v) is 7.78. The standard InChI is InChI=1S/C22H18FNO5S/c1-12-18(10-13-3-8-16-17(9-13)29-11-28-16)30-21(19(12)22(26)27-2)24-20(25)14-4-6-15(23)7-5-14/h3-9H,10-11H2,1-2H3,(H,24,25). The molecule has 4 rings (SSSR count). The predicted octanol–water partition coefficient (Wildman–Crippen LogP) is 4.55. The van der Waals surface area contributed by atoms with Crippen molar-refractivity contribution in [2.24, 2.45) is 0 Å². The van der Waals surface area contributed by atoms with E-state index in [0.717, 1.165) is 16.0 Å². The van der Waals surface area contributed by atoms with Gasteiger partial charge in [-0.1, -0.05) is 6.07 Å². The molecule has 0 atom stereocenters. The number of hydrogen-bond acceptors (Lipinski definition) is 6. The van der Waals surface area contributed by atoms with Crippen LogP contribution in [0.25, 0.3) is 0 Å². The summed E-state index contributed by atoms with van der Waals surface area (Å²) in [6.07, 6.45) is 0.545. The van der Waals surface area contributed by atoms with Crippen molar-refractivity contribution in [1.29, 1.82) is 0 Å². The fourth-order valence-corrected chi connectivity index (χ4v) is 4.40. The Balaban J connectivity index is 1.64. The van der Waals surface area contributed by atoms with Crippen LogP contribution in [-0.4, -0.2) is 25.8 Å². The zero-order valence-electron chi connectivity index (χ0n) is 16.3. The Labute approximate surface area is 176 Å². The lowest BCUT2D eigenvalue weighted by molar-refractivity contribution is 0.0601. The summed E-state index contributed by atoms with van der Waals surface area (Å²) in [6, 6.07) is 10.9. The number of esters is 1. The van der Waals surface area contributed by atoms with E-state index >= 15 is 0 Å². The van der Waals surface area contributed by atoms with E-state index in [1.165, 1.54) is 42.7 Å². The van der Waals surface area contributed by atoms with Crippen molar-refractivity contribution in [2.75, 3.05) is 19.2 Å². The molecule has 1 aromatic heterocycles. The molecule has 1 N–H and O–H groups in total. The minimum absolute atomic E-state index is 0.197. The second kappa shape index (κ2) is 8.16. The smallest absolute Gasteiger partial charge is 0.341 e. The summed E-state index contributed by atoms with van der Waals surface area (Å²) in [6.45, 7) is 2.02. The topological polar surface area (TPSA) is 73.9 Å². The fraction of sp³-hybridized carbons (Fsp3) is 0.182. The summed E-state index contributed by atoms with van der Waals surface area (Å²) < 4.78 is 28.8. The zero-order chi connectivity index (χ0) is 21.3. The molecule has 0 aliphatic carbocycles. The van der Waals surface area contributed by atoms with Gasteiger partial charge in [0.05, 0.1) is 12.7 Å². The summed E-state index contributed by atoms with van der Waals surface area (Å²) in [5, 5.41) is 3.15. The molecule has 2 aromatic carbocycles. The Kier molecular flexibility index (Phi) is 5.41. The highest BCUT2D eigenvalue weighted by molar-refractivity contribution is 7.17. The zero-order valence-corrected chi connectivity index (χ0v) is 17.1. The number of hydrogen-bond donors (Lipinski definition) is 1. The highest BCUT2D eigenvalue weighted by Crippen LogP contribution is 2.37. The van der Waals surface area contributed by atoms with Crippen LogP contribution in [0.15, 0.2) is 42.5 Å². The van der Waals surface area contributed by atoms with E-state index in [1.54, 1.807) is 0 Å². The number of anilines is 1. The highest BCUT2D eigenvalue weighted by atomic mass is 32.1. The first-order valence-electron chi connectivity index (χ1n) is 9.12. The lowest BCUT2D eigenvalue weighted by atomic mass is 10.1. The summed E-state index contributed by atoms with van der Waals surface area (Å²) in [5.74, 6) is -0.0187. The van der Waals surface area contributed by atoms with Crippen molar-refractivity contribution in [3.8, 4) is 11.5 Å². The molecule has 8 heteroatoms. The average Bonchev–Trinajstić information content (AvgIpc) is 3.32. The number of nitrogens with one attached hydrogen (secondary N) is 1. The molecule has 0 unspecified atom stereocenters. The van der Waals surface area contributed by atoms with Crippen LogP contribution in [0.4, 0.5) is 9.39 Å². The van der Waals surface area contributed by atoms with Gasteiger partial charge >= 0.3 is 5.97 Å². The summed E-state index contributed by atoms with van der Waals surface area (Å²) in [4.78, 5) is 25.9. The molecule has 3 aromatic rings. The minimum Gasteiger partial charge on any atom is -0.465 e. The molecule has 0 saturated heterocycles. The number of benzene rings is 2. The van der Waals surface area contributed by atoms with Crippen molar-refractivity contribution in [1.82, 2.24) is 0 Å². The van der Waals surface area contributed by atoms with Crippen LogP contribution in [0.2, 0.25) is 0 Å². The van der Waals surface area contributed by atoms with E-state index in [9.17, 15) is 14.0 Å². The number of halogens is 1. The molecular weight excluding hydrogens is 409 g/mol. The van der Waals surface area contributed by atoms with Gasteiger partial charge in [-0.3, -0.25) is 4.79 Å². The highest BCUT2D eigenvalue weighted by Gasteiger charge is 2.24. The number of ether oxygens (including phenoxy) is 3. The van der Waals surface area contributed by atoms with Gasteiger partial charge in [0.1, 0.15) is 10.8 Å². The van der Waals surface area contributed by atoms with Gasteiger partial charge in [-0.05, 0) is 54.4 Å². The van der Waals surface area contributed by atoms with E-state index in [0.29, 0.717) is 28.5 Å². The number of fused-ring (bicyclic) bond motifs is 1. The average molecular weight is 427 g/mol. The Morgan fingerprint density at radius 3 is 2.60 bits per heavy atom. The van der Waals surface area contributed by atoms with Crippen molar-refractivity contribution >= 4 is 28.2 Å². The first-order chi connectivity index (χ1) is 14.5. The molecule has 0 bridgehead atoms. The van der Waals surface area contributed by atoms with Crippen LogP contribution in [0.1, 0.15) is 36.7 Å². The van der Waals surface area contributed by atoms with Gasteiger partial charge in [-0.25, -0.2) is 9.18 Å². The number of amides is 1. The van der Waals surface area contributed by atoms with Gasteiger partial charge in [0.15, 0.2) is 11.5 Å². The number of methoxy groups -OCH3 is 1. The lowest BCUT2D eigenvalue weighted by Gasteiger charge is -2.06. The Bertz CT molecular complexity index is 1120. The van der Waals surface area contributed by atoms with Gasteiger partial charge in [-0.2, -0.15) is 0 Å². The molecule has 0 fully saturated rings. The molecule has 154 valence electrons. The van der Waals surface area contributed by atoms with Crippen LogP contribution in [-0.2, 0) is 11.2 Å². The fourth-order valence-electron chi connectivity index (χ4n) is 3.18. The molecule has 0 spiro atoms. The quantitative estimate of drug-likeness (QED) is 0.605. The second-order valence-electron chi connectivity index (χ2n) is 6.67. The van der Waals surface area contributed by atoms with Crippen molar-refractivity contribution < 1.29 is 28.2 Å². The third-order valence-electron chi connectivity index (χ3n) is 4.77. The Hall–Kier alpha value is -3.39. The predicted molar refractivity (Wildman–Crippen MR) is 110 cm³/mol. The first kappa shape index (κ1) is 19.9. The molecule has 1 aliphatic rings. The van der Waals surface area contributed by atoms with Gasteiger partial charge in [-0.15, -0.1) is 11.3 Å². The molecule has 2 heterocycles. The third-order valence-corrected chi connectivity index (χ3v) is 5.98. The van der Waals surface area contributed by atoms with Crippen molar-refractivity contribution in [3.63, 3.8) is 0 Å². The molecule has 30 heavy (non-hydrogen) atoms. The van der Waals surface area contributed by atoms with E-state index in [2.05, 4.69) is 5.32 Å². The van der Waals surface area contributed by atoms with E-state index in [-0.39, 0.29) is 12.4 Å².